The number of anilines is 1. The van der Waals surface area contributed by atoms with Crippen molar-refractivity contribution in [2.45, 2.75) is 25.8 Å². The van der Waals surface area contributed by atoms with Crippen molar-refractivity contribution in [2.24, 2.45) is 5.73 Å². The third-order valence-electron chi connectivity index (χ3n) is 4.19. The zero-order chi connectivity index (χ0) is 13.9. The van der Waals surface area contributed by atoms with E-state index in [2.05, 4.69) is 60.4 Å². The minimum atomic E-state index is 0.309. The second-order valence-electron chi connectivity index (χ2n) is 5.66. The number of piperidine rings is 1. The van der Waals surface area contributed by atoms with E-state index in [4.69, 9.17) is 5.73 Å². The number of hydrogen-bond acceptors (Lipinski definition) is 2. The molecule has 2 N–H and O–H groups in total. The van der Waals surface area contributed by atoms with Crippen LogP contribution in [0.15, 0.2) is 48.5 Å². The maximum absolute atomic E-state index is 6.12. The standard InChI is InChI=1S/C18H22N2/c1-14-17(15-7-3-2-4-8-15)10-5-11-18(14)20-12-6-9-16(19)13-20/h2-5,7-8,10-11,16H,6,9,12-13,19H2,1H3/t16-/m1/s1. The average Bonchev–Trinajstić information content (AvgIpc) is 2.48. The topological polar surface area (TPSA) is 29.3 Å². The smallest absolute Gasteiger partial charge is 0.0402 e. The third-order valence-corrected chi connectivity index (χ3v) is 4.19. The van der Waals surface area contributed by atoms with Crippen LogP contribution >= 0.6 is 0 Å². The van der Waals surface area contributed by atoms with Crippen LogP contribution in [0.3, 0.4) is 0 Å². The Hall–Kier alpha value is -1.80. The number of hydrogen-bond donors (Lipinski definition) is 1. The van der Waals surface area contributed by atoms with Gasteiger partial charge in [0.1, 0.15) is 0 Å². The fourth-order valence-corrected chi connectivity index (χ4v) is 3.13. The largest absolute Gasteiger partial charge is 0.370 e. The van der Waals surface area contributed by atoms with Gasteiger partial charge in [-0.1, -0.05) is 42.5 Å². The molecule has 1 atom stereocenters. The molecule has 0 unspecified atom stereocenters. The van der Waals surface area contributed by atoms with Crippen molar-refractivity contribution in [1.82, 2.24) is 0 Å². The van der Waals surface area contributed by atoms with Gasteiger partial charge in [0.25, 0.3) is 0 Å². The van der Waals surface area contributed by atoms with Crippen LogP contribution in [0.4, 0.5) is 5.69 Å². The van der Waals surface area contributed by atoms with Crippen LogP contribution in [0.5, 0.6) is 0 Å². The number of rotatable bonds is 2. The Morgan fingerprint density at radius 2 is 1.85 bits per heavy atom. The SMILES string of the molecule is Cc1c(-c2ccccc2)cccc1N1CCC[C@@H](N)C1. The van der Waals surface area contributed by atoms with Gasteiger partial charge in [0.05, 0.1) is 0 Å². The summed E-state index contributed by atoms with van der Waals surface area (Å²) in [5.74, 6) is 0. The van der Waals surface area contributed by atoms with Gasteiger partial charge in [-0.3, -0.25) is 0 Å². The highest BCUT2D eigenvalue weighted by Gasteiger charge is 2.19. The average molecular weight is 266 g/mol. The van der Waals surface area contributed by atoms with Crippen LogP contribution in [0.1, 0.15) is 18.4 Å². The van der Waals surface area contributed by atoms with Gasteiger partial charge in [-0.05, 0) is 42.5 Å². The van der Waals surface area contributed by atoms with Gasteiger partial charge < -0.3 is 10.6 Å². The molecule has 1 heterocycles. The molecule has 3 rings (SSSR count). The Morgan fingerprint density at radius 1 is 1.05 bits per heavy atom. The van der Waals surface area contributed by atoms with Crippen molar-refractivity contribution in [3.05, 3.63) is 54.1 Å². The monoisotopic (exact) mass is 266 g/mol. The lowest BCUT2D eigenvalue weighted by Gasteiger charge is -2.34. The molecule has 0 spiro atoms. The van der Waals surface area contributed by atoms with Crippen LogP contribution < -0.4 is 10.6 Å². The Labute approximate surface area is 121 Å². The van der Waals surface area contributed by atoms with E-state index in [-0.39, 0.29) is 0 Å². The van der Waals surface area contributed by atoms with Gasteiger partial charge >= 0.3 is 0 Å². The molecule has 0 aliphatic carbocycles. The second kappa shape index (κ2) is 5.68. The molecular weight excluding hydrogens is 244 g/mol. The molecule has 20 heavy (non-hydrogen) atoms. The molecule has 0 aromatic heterocycles. The predicted octanol–water partition coefficient (Wildman–Crippen LogP) is 3.59. The molecule has 2 heteroatoms. The van der Waals surface area contributed by atoms with Crippen molar-refractivity contribution in [3.63, 3.8) is 0 Å². The van der Waals surface area contributed by atoms with E-state index < -0.39 is 0 Å². The van der Waals surface area contributed by atoms with Crippen molar-refractivity contribution in [3.8, 4) is 11.1 Å². The van der Waals surface area contributed by atoms with E-state index in [1.54, 1.807) is 0 Å². The van der Waals surface area contributed by atoms with Crippen LogP contribution in [-0.2, 0) is 0 Å². The molecule has 1 aliphatic rings. The van der Waals surface area contributed by atoms with Crippen LogP contribution in [-0.4, -0.2) is 19.1 Å². The van der Waals surface area contributed by atoms with Gasteiger partial charge in [-0.25, -0.2) is 0 Å². The second-order valence-corrected chi connectivity index (χ2v) is 5.66. The predicted molar refractivity (Wildman–Crippen MR) is 86.0 cm³/mol. The highest BCUT2D eigenvalue weighted by Crippen LogP contribution is 2.31. The molecule has 0 bridgehead atoms. The summed E-state index contributed by atoms with van der Waals surface area (Å²) in [6, 6.07) is 17.5. The first-order chi connectivity index (χ1) is 9.75. The summed E-state index contributed by atoms with van der Waals surface area (Å²) >= 11 is 0. The van der Waals surface area contributed by atoms with Gasteiger partial charge in [0, 0.05) is 24.8 Å². The highest BCUT2D eigenvalue weighted by atomic mass is 15.1. The lowest BCUT2D eigenvalue weighted by molar-refractivity contribution is 0.505. The Kier molecular flexibility index (Phi) is 3.75. The van der Waals surface area contributed by atoms with Crippen molar-refractivity contribution in [1.29, 1.82) is 0 Å². The first kappa shape index (κ1) is 13.2. The van der Waals surface area contributed by atoms with Crippen molar-refractivity contribution < 1.29 is 0 Å². The normalized spacial score (nSPS) is 19.1. The molecule has 1 aliphatic heterocycles. The fourth-order valence-electron chi connectivity index (χ4n) is 3.13. The zero-order valence-electron chi connectivity index (χ0n) is 12.0. The maximum Gasteiger partial charge on any atom is 0.0402 e. The van der Waals surface area contributed by atoms with Crippen molar-refractivity contribution in [2.75, 3.05) is 18.0 Å². The van der Waals surface area contributed by atoms with Gasteiger partial charge in [-0.15, -0.1) is 0 Å². The van der Waals surface area contributed by atoms with E-state index in [1.165, 1.54) is 28.8 Å². The van der Waals surface area contributed by atoms with E-state index in [0.717, 1.165) is 19.5 Å². The molecule has 0 saturated carbocycles. The molecule has 2 nitrogen and oxygen atoms in total. The highest BCUT2D eigenvalue weighted by molar-refractivity contribution is 5.74. The Bertz CT molecular complexity index is 577. The summed E-state index contributed by atoms with van der Waals surface area (Å²) in [6.07, 6.45) is 2.34. The van der Waals surface area contributed by atoms with Crippen LogP contribution in [0.25, 0.3) is 11.1 Å². The van der Waals surface area contributed by atoms with E-state index in [9.17, 15) is 0 Å². The molecule has 1 fully saturated rings. The molecular formula is C18H22N2. The van der Waals surface area contributed by atoms with Gasteiger partial charge in [-0.2, -0.15) is 0 Å². The molecule has 2 aromatic carbocycles. The summed E-state index contributed by atoms with van der Waals surface area (Å²) in [4.78, 5) is 2.44. The Balaban J connectivity index is 1.97. The van der Waals surface area contributed by atoms with Crippen LogP contribution in [0, 0.1) is 6.92 Å². The first-order valence-electron chi connectivity index (χ1n) is 7.41. The fraction of sp³-hybridized carbons (Fsp3) is 0.333. The lowest BCUT2D eigenvalue weighted by atomic mass is 9.97. The molecule has 0 amide bonds. The van der Waals surface area contributed by atoms with E-state index in [1.807, 2.05) is 0 Å². The quantitative estimate of drug-likeness (QED) is 0.900. The number of nitrogens with two attached hydrogens (primary N) is 1. The summed E-state index contributed by atoms with van der Waals surface area (Å²) in [5.41, 5.74) is 11.4. The minimum Gasteiger partial charge on any atom is -0.370 e. The van der Waals surface area contributed by atoms with Crippen LogP contribution in [0.2, 0.25) is 0 Å². The molecule has 0 radical (unpaired) electrons. The maximum atomic E-state index is 6.12. The first-order valence-corrected chi connectivity index (χ1v) is 7.41. The molecule has 104 valence electrons. The van der Waals surface area contributed by atoms with Crippen molar-refractivity contribution >= 4 is 5.69 Å². The Morgan fingerprint density at radius 3 is 2.60 bits per heavy atom. The van der Waals surface area contributed by atoms with E-state index >= 15 is 0 Å². The van der Waals surface area contributed by atoms with Gasteiger partial charge in [0.2, 0.25) is 0 Å². The summed E-state index contributed by atoms with van der Waals surface area (Å²) in [7, 11) is 0. The van der Waals surface area contributed by atoms with Gasteiger partial charge in [0.15, 0.2) is 0 Å². The summed E-state index contributed by atoms with van der Waals surface area (Å²) in [5, 5.41) is 0. The summed E-state index contributed by atoms with van der Waals surface area (Å²) < 4.78 is 0. The lowest BCUT2D eigenvalue weighted by Crippen LogP contribution is -2.43. The summed E-state index contributed by atoms with van der Waals surface area (Å²) in [6.45, 7) is 4.31. The minimum absolute atomic E-state index is 0.309. The zero-order valence-corrected chi connectivity index (χ0v) is 12.0. The van der Waals surface area contributed by atoms with E-state index in [0.29, 0.717) is 6.04 Å². The third kappa shape index (κ3) is 2.56. The number of nitrogens with zero attached hydrogens (tertiary/aromatic N) is 1. The molecule has 2 aromatic rings. The molecule has 1 saturated heterocycles. The number of benzene rings is 2.